The highest BCUT2D eigenvalue weighted by Gasteiger charge is 2.03. The van der Waals surface area contributed by atoms with Gasteiger partial charge >= 0.3 is 0 Å². The van der Waals surface area contributed by atoms with Crippen molar-refractivity contribution in [2.75, 3.05) is 5.73 Å². The average Bonchev–Trinajstić information content (AvgIpc) is 2.45. The maximum absolute atomic E-state index is 5.77. The van der Waals surface area contributed by atoms with Crippen molar-refractivity contribution in [3.63, 3.8) is 0 Å². The van der Waals surface area contributed by atoms with Gasteiger partial charge in [-0.1, -0.05) is 6.07 Å². The van der Waals surface area contributed by atoms with E-state index in [2.05, 4.69) is 33.6 Å². The van der Waals surface area contributed by atoms with Crippen LogP contribution >= 0.6 is 22.6 Å². The minimum atomic E-state index is 0.532. The number of halogens is 1. The first-order valence-corrected chi connectivity index (χ1v) is 5.32. The van der Waals surface area contributed by atoms with Gasteiger partial charge in [0.15, 0.2) is 0 Å². The third-order valence-electron chi connectivity index (χ3n) is 1.94. The Bertz CT molecular complexity index is 462. The Kier molecular flexibility index (Phi) is 2.45. The zero-order valence-electron chi connectivity index (χ0n) is 7.74. The number of anilines is 1. The van der Waals surface area contributed by atoms with Gasteiger partial charge in [-0.3, -0.25) is 4.57 Å². The van der Waals surface area contributed by atoms with Crippen LogP contribution in [0.3, 0.4) is 0 Å². The first-order chi connectivity index (χ1) is 6.66. The van der Waals surface area contributed by atoms with Crippen LogP contribution in [0.25, 0.3) is 5.69 Å². The van der Waals surface area contributed by atoms with Gasteiger partial charge in [0.25, 0.3) is 0 Å². The molecule has 4 heteroatoms. The Morgan fingerprint density at radius 1 is 1.43 bits per heavy atom. The molecule has 0 aliphatic carbocycles. The Balaban J connectivity index is 2.54. The first kappa shape index (κ1) is 9.51. The summed E-state index contributed by atoms with van der Waals surface area (Å²) in [6.45, 7) is 1.93. The fourth-order valence-corrected chi connectivity index (χ4v) is 1.88. The lowest BCUT2D eigenvalue weighted by molar-refractivity contribution is 1.07. The summed E-state index contributed by atoms with van der Waals surface area (Å²) in [4.78, 5) is 4.16. The van der Waals surface area contributed by atoms with Gasteiger partial charge in [0.05, 0.1) is 5.69 Å². The van der Waals surface area contributed by atoms with Crippen LogP contribution in [0.4, 0.5) is 5.95 Å². The Hall–Kier alpha value is -1.04. The number of aromatic nitrogens is 2. The Morgan fingerprint density at radius 2 is 2.21 bits per heavy atom. The molecule has 1 heterocycles. The molecule has 1 aromatic heterocycles. The third-order valence-corrected chi connectivity index (χ3v) is 2.61. The second-order valence-electron chi connectivity index (χ2n) is 3.09. The summed E-state index contributed by atoms with van der Waals surface area (Å²) in [5, 5.41) is 0. The molecule has 0 saturated carbocycles. The quantitative estimate of drug-likeness (QED) is 0.822. The number of imidazole rings is 1. The fraction of sp³-hybridized carbons (Fsp3) is 0.100. The Labute approximate surface area is 96.1 Å². The van der Waals surface area contributed by atoms with Gasteiger partial charge < -0.3 is 5.73 Å². The van der Waals surface area contributed by atoms with Crippen LogP contribution in [-0.4, -0.2) is 9.55 Å². The number of benzene rings is 1. The summed E-state index contributed by atoms with van der Waals surface area (Å²) in [7, 11) is 0. The van der Waals surface area contributed by atoms with Crippen LogP contribution in [0.2, 0.25) is 0 Å². The van der Waals surface area contributed by atoms with Crippen LogP contribution in [0, 0.1) is 10.5 Å². The van der Waals surface area contributed by atoms with E-state index in [0.29, 0.717) is 5.95 Å². The van der Waals surface area contributed by atoms with Crippen LogP contribution in [0.1, 0.15) is 5.69 Å². The highest BCUT2D eigenvalue weighted by atomic mass is 127. The number of nitrogens with zero attached hydrogens (tertiary/aromatic N) is 2. The van der Waals surface area contributed by atoms with Crippen LogP contribution in [0.5, 0.6) is 0 Å². The SMILES string of the molecule is Cc1cn(-c2cccc(I)c2)c(N)n1. The number of nitrogen functional groups attached to an aromatic ring is 1. The van der Waals surface area contributed by atoms with Crippen molar-refractivity contribution < 1.29 is 0 Å². The number of hydrogen-bond acceptors (Lipinski definition) is 2. The predicted molar refractivity (Wildman–Crippen MR) is 65.4 cm³/mol. The lowest BCUT2D eigenvalue weighted by Gasteiger charge is -2.03. The van der Waals surface area contributed by atoms with Gasteiger partial charge in [0.1, 0.15) is 0 Å². The summed E-state index contributed by atoms with van der Waals surface area (Å²) in [6, 6.07) is 8.13. The first-order valence-electron chi connectivity index (χ1n) is 4.24. The lowest BCUT2D eigenvalue weighted by Crippen LogP contribution is -1.99. The molecule has 0 radical (unpaired) electrons. The molecule has 0 fully saturated rings. The highest BCUT2D eigenvalue weighted by molar-refractivity contribution is 14.1. The molecule has 0 aliphatic heterocycles. The van der Waals surface area contributed by atoms with Gasteiger partial charge in [-0.05, 0) is 47.7 Å². The maximum atomic E-state index is 5.77. The molecule has 0 bridgehead atoms. The third kappa shape index (κ3) is 1.75. The molecule has 72 valence electrons. The van der Waals surface area contributed by atoms with Crippen molar-refractivity contribution in [2.45, 2.75) is 6.92 Å². The van der Waals surface area contributed by atoms with E-state index in [-0.39, 0.29) is 0 Å². The molecule has 14 heavy (non-hydrogen) atoms. The molecule has 0 aliphatic rings. The molecule has 0 amide bonds. The maximum Gasteiger partial charge on any atom is 0.205 e. The summed E-state index contributed by atoms with van der Waals surface area (Å²) in [6.07, 6.45) is 1.93. The number of nitrogens with two attached hydrogens (primary N) is 1. The monoisotopic (exact) mass is 299 g/mol. The van der Waals surface area contributed by atoms with Gasteiger partial charge in [-0.25, -0.2) is 4.98 Å². The van der Waals surface area contributed by atoms with E-state index in [4.69, 9.17) is 5.73 Å². The smallest absolute Gasteiger partial charge is 0.205 e. The summed E-state index contributed by atoms with van der Waals surface area (Å²) in [5.41, 5.74) is 7.76. The number of rotatable bonds is 1. The lowest BCUT2D eigenvalue weighted by atomic mass is 10.3. The number of hydrogen-bond donors (Lipinski definition) is 1. The molecule has 0 atom stereocenters. The Morgan fingerprint density at radius 3 is 2.79 bits per heavy atom. The highest BCUT2D eigenvalue weighted by Crippen LogP contribution is 2.16. The molecule has 1 aromatic carbocycles. The van der Waals surface area contributed by atoms with E-state index in [9.17, 15) is 0 Å². The van der Waals surface area contributed by atoms with Crippen LogP contribution in [-0.2, 0) is 0 Å². The van der Waals surface area contributed by atoms with Gasteiger partial charge in [-0.15, -0.1) is 0 Å². The van der Waals surface area contributed by atoms with E-state index in [1.54, 1.807) is 0 Å². The van der Waals surface area contributed by atoms with Gasteiger partial charge in [0, 0.05) is 15.5 Å². The molecular formula is C10H10IN3. The summed E-state index contributed by atoms with van der Waals surface area (Å²) < 4.78 is 3.07. The summed E-state index contributed by atoms with van der Waals surface area (Å²) in [5.74, 6) is 0.532. The van der Waals surface area contributed by atoms with Crippen molar-refractivity contribution in [1.82, 2.24) is 9.55 Å². The number of aryl methyl sites for hydroxylation is 1. The minimum Gasteiger partial charge on any atom is -0.369 e. The molecule has 2 aromatic rings. The normalized spacial score (nSPS) is 10.4. The van der Waals surface area contributed by atoms with E-state index in [1.807, 2.05) is 35.9 Å². The molecule has 2 N–H and O–H groups in total. The summed E-state index contributed by atoms with van der Waals surface area (Å²) >= 11 is 2.28. The van der Waals surface area contributed by atoms with Crippen molar-refractivity contribution in [2.24, 2.45) is 0 Å². The largest absolute Gasteiger partial charge is 0.369 e. The van der Waals surface area contributed by atoms with E-state index >= 15 is 0 Å². The van der Waals surface area contributed by atoms with Crippen LogP contribution < -0.4 is 5.73 Å². The average molecular weight is 299 g/mol. The second kappa shape index (κ2) is 3.61. The van der Waals surface area contributed by atoms with Gasteiger partial charge in [-0.2, -0.15) is 0 Å². The molecule has 2 rings (SSSR count). The van der Waals surface area contributed by atoms with E-state index < -0.39 is 0 Å². The zero-order valence-corrected chi connectivity index (χ0v) is 9.89. The molecule has 3 nitrogen and oxygen atoms in total. The standard InChI is InChI=1S/C10H10IN3/c1-7-6-14(10(12)13-7)9-4-2-3-8(11)5-9/h2-6H,1H3,(H2,12,13). The molecule has 0 saturated heterocycles. The van der Waals surface area contributed by atoms with Crippen molar-refractivity contribution in [3.05, 3.63) is 39.7 Å². The topological polar surface area (TPSA) is 43.8 Å². The van der Waals surface area contributed by atoms with Crippen molar-refractivity contribution >= 4 is 28.5 Å². The van der Waals surface area contributed by atoms with Gasteiger partial charge in [0.2, 0.25) is 5.95 Å². The van der Waals surface area contributed by atoms with E-state index in [0.717, 1.165) is 11.4 Å². The molecule has 0 spiro atoms. The fourth-order valence-electron chi connectivity index (χ4n) is 1.35. The van der Waals surface area contributed by atoms with E-state index in [1.165, 1.54) is 3.57 Å². The molecular weight excluding hydrogens is 289 g/mol. The zero-order chi connectivity index (χ0) is 10.1. The minimum absolute atomic E-state index is 0.532. The molecule has 0 unspecified atom stereocenters. The van der Waals surface area contributed by atoms with Crippen LogP contribution in [0.15, 0.2) is 30.5 Å². The predicted octanol–water partition coefficient (Wildman–Crippen LogP) is 2.37. The van der Waals surface area contributed by atoms with Crippen molar-refractivity contribution in [1.29, 1.82) is 0 Å². The second-order valence-corrected chi connectivity index (χ2v) is 4.34. The van der Waals surface area contributed by atoms with Crippen molar-refractivity contribution in [3.8, 4) is 5.69 Å².